The monoisotopic (exact) mass is 175 g/mol. The third-order valence-electron chi connectivity index (χ3n) is 2.70. The van der Waals surface area contributed by atoms with Crippen LogP contribution in [-0.4, -0.2) is 5.71 Å². The van der Waals surface area contributed by atoms with E-state index in [2.05, 4.69) is 45.3 Å². The van der Waals surface area contributed by atoms with Crippen molar-refractivity contribution in [1.82, 2.24) is 0 Å². The van der Waals surface area contributed by atoms with Crippen LogP contribution in [0.4, 0.5) is 0 Å². The first-order valence-electron chi connectivity index (χ1n) is 4.56. The quantitative estimate of drug-likeness (QED) is 0.569. The van der Waals surface area contributed by atoms with E-state index in [1.54, 1.807) is 6.08 Å². The van der Waals surface area contributed by atoms with E-state index in [9.17, 15) is 0 Å². The Morgan fingerprint density at radius 1 is 1.31 bits per heavy atom. The summed E-state index contributed by atoms with van der Waals surface area (Å²) in [7, 11) is 0. The van der Waals surface area contributed by atoms with Gasteiger partial charge < -0.3 is 0 Å². The lowest BCUT2D eigenvalue weighted by atomic mass is 9.81. The fourth-order valence-electron chi connectivity index (χ4n) is 1.59. The molecule has 70 valence electrons. The maximum absolute atomic E-state index is 4.49. The predicted molar refractivity (Wildman–Crippen MR) is 58.9 cm³/mol. The van der Waals surface area contributed by atoms with Crippen molar-refractivity contribution in [2.75, 3.05) is 0 Å². The molecule has 0 saturated carbocycles. The lowest BCUT2D eigenvalue weighted by Gasteiger charge is -2.20. The van der Waals surface area contributed by atoms with Gasteiger partial charge in [0.1, 0.15) is 0 Å². The van der Waals surface area contributed by atoms with Crippen molar-refractivity contribution in [3.05, 3.63) is 36.1 Å². The molecule has 13 heavy (non-hydrogen) atoms. The molecule has 1 rings (SSSR count). The molecular weight excluding hydrogens is 158 g/mol. The number of rotatable bonds is 2. The van der Waals surface area contributed by atoms with Crippen LogP contribution in [0.15, 0.2) is 41.1 Å². The van der Waals surface area contributed by atoms with E-state index >= 15 is 0 Å². The fourth-order valence-corrected chi connectivity index (χ4v) is 1.59. The molecule has 0 aromatic rings. The van der Waals surface area contributed by atoms with Gasteiger partial charge in [0.05, 0.1) is 0 Å². The van der Waals surface area contributed by atoms with Crippen molar-refractivity contribution < 1.29 is 0 Å². The van der Waals surface area contributed by atoms with Gasteiger partial charge in [0.15, 0.2) is 0 Å². The van der Waals surface area contributed by atoms with Gasteiger partial charge in [-0.3, -0.25) is 4.99 Å². The van der Waals surface area contributed by atoms with Crippen LogP contribution in [0, 0.1) is 5.41 Å². The minimum atomic E-state index is 0.0869. The standard InChI is InChI=1S/C12H17N/c1-6-7-8-11-9(2)13-10(3)12(11,4)5/h6-8H,1H2,2-5H3/b8-7-. The second-order valence-electron chi connectivity index (χ2n) is 3.92. The third-order valence-corrected chi connectivity index (χ3v) is 2.70. The average Bonchev–Trinajstić information content (AvgIpc) is 2.21. The summed E-state index contributed by atoms with van der Waals surface area (Å²) in [6, 6.07) is 0. The van der Waals surface area contributed by atoms with E-state index < -0.39 is 0 Å². The third kappa shape index (κ3) is 1.64. The maximum atomic E-state index is 4.49. The van der Waals surface area contributed by atoms with Gasteiger partial charge >= 0.3 is 0 Å². The second-order valence-corrected chi connectivity index (χ2v) is 3.92. The first-order chi connectivity index (χ1) is 6.00. The molecule has 0 N–H and O–H groups in total. The van der Waals surface area contributed by atoms with Crippen molar-refractivity contribution in [3.63, 3.8) is 0 Å². The van der Waals surface area contributed by atoms with Crippen LogP contribution in [0.3, 0.4) is 0 Å². The van der Waals surface area contributed by atoms with Crippen LogP contribution >= 0.6 is 0 Å². The lowest BCUT2D eigenvalue weighted by molar-refractivity contribution is 0.651. The summed E-state index contributed by atoms with van der Waals surface area (Å²) >= 11 is 0. The summed E-state index contributed by atoms with van der Waals surface area (Å²) < 4.78 is 0. The molecule has 0 atom stereocenters. The number of aliphatic imine (C=N–C) groups is 1. The number of allylic oxidation sites excluding steroid dienone is 5. The Hall–Kier alpha value is -1.11. The minimum absolute atomic E-state index is 0.0869. The molecule has 0 unspecified atom stereocenters. The molecule has 1 heteroatoms. The number of hydrogen-bond acceptors (Lipinski definition) is 1. The summed E-state index contributed by atoms with van der Waals surface area (Å²) in [4.78, 5) is 4.49. The van der Waals surface area contributed by atoms with Crippen LogP contribution in [0.5, 0.6) is 0 Å². The maximum Gasteiger partial charge on any atom is 0.0413 e. The Balaban J connectivity index is 3.06. The normalized spacial score (nSPS) is 21.1. The largest absolute Gasteiger partial charge is 0.262 e. The van der Waals surface area contributed by atoms with Crippen LogP contribution < -0.4 is 0 Å². The summed E-state index contributed by atoms with van der Waals surface area (Å²) in [5.41, 5.74) is 3.70. The molecule has 0 fully saturated rings. The zero-order chi connectivity index (χ0) is 10.1. The van der Waals surface area contributed by atoms with E-state index in [4.69, 9.17) is 0 Å². The summed E-state index contributed by atoms with van der Waals surface area (Å²) in [5, 5.41) is 0. The molecule has 0 saturated heterocycles. The van der Waals surface area contributed by atoms with E-state index in [-0.39, 0.29) is 5.41 Å². The predicted octanol–water partition coefficient (Wildman–Crippen LogP) is 3.50. The Morgan fingerprint density at radius 2 is 1.92 bits per heavy atom. The molecule has 0 radical (unpaired) electrons. The van der Waals surface area contributed by atoms with Crippen molar-refractivity contribution in [3.8, 4) is 0 Å². The molecule has 1 aliphatic rings. The molecule has 1 heterocycles. The van der Waals surface area contributed by atoms with E-state index in [0.29, 0.717) is 0 Å². The molecule has 0 spiro atoms. The Labute approximate surface area is 80.6 Å². The Kier molecular flexibility index (Phi) is 2.55. The first-order valence-corrected chi connectivity index (χ1v) is 4.56. The van der Waals surface area contributed by atoms with Gasteiger partial charge in [0.25, 0.3) is 0 Å². The number of nitrogens with zero attached hydrogens (tertiary/aromatic N) is 1. The van der Waals surface area contributed by atoms with Gasteiger partial charge in [-0.05, 0) is 19.4 Å². The highest BCUT2D eigenvalue weighted by Gasteiger charge is 2.31. The van der Waals surface area contributed by atoms with Gasteiger partial charge in [-0.2, -0.15) is 0 Å². The van der Waals surface area contributed by atoms with Gasteiger partial charge in [-0.1, -0.05) is 38.7 Å². The smallest absolute Gasteiger partial charge is 0.0413 e. The van der Waals surface area contributed by atoms with Crippen LogP contribution in [0.2, 0.25) is 0 Å². The van der Waals surface area contributed by atoms with E-state index in [1.165, 1.54) is 11.3 Å². The van der Waals surface area contributed by atoms with Gasteiger partial charge in [-0.15, -0.1) is 0 Å². The first kappa shape index (κ1) is 9.97. The van der Waals surface area contributed by atoms with Crippen LogP contribution in [0.25, 0.3) is 0 Å². The zero-order valence-electron chi connectivity index (χ0n) is 8.89. The fraction of sp³-hybridized carbons (Fsp3) is 0.417. The summed E-state index contributed by atoms with van der Waals surface area (Å²) in [5.74, 6) is 0. The van der Waals surface area contributed by atoms with Crippen molar-refractivity contribution in [2.24, 2.45) is 10.4 Å². The van der Waals surface area contributed by atoms with Crippen molar-refractivity contribution >= 4 is 5.71 Å². The highest BCUT2D eigenvalue weighted by Crippen LogP contribution is 2.37. The summed E-state index contributed by atoms with van der Waals surface area (Å²) in [6.45, 7) is 12.2. The molecule has 0 bridgehead atoms. The molecule has 0 amide bonds. The average molecular weight is 175 g/mol. The minimum Gasteiger partial charge on any atom is -0.262 e. The molecule has 0 aliphatic carbocycles. The van der Waals surface area contributed by atoms with Crippen molar-refractivity contribution in [1.29, 1.82) is 0 Å². The summed E-state index contributed by atoms with van der Waals surface area (Å²) in [6.07, 6.45) is 5.86. The molecule has 1 nitrogen and oxygen atoms in total. The lowest BCUT2D eigenvalue weighted by Crippen LogP contribution is -2.19. The number of hydrogen-bond donors (Lipinski definition) is 0. The van der Waals surface area contributed by atoms with Crippen molar-refractivity contribution in [2.45, 2.75) is 27.7 Å². The molecule has 0 aromatic heterocycles. The Bertz CT molecular complexity index is 314. The van der Waals surface area contributed by atoms with Gasteiger partial charge in [0, 0.05) is 16.8 Å². The van der Waals surface area contributed by atoms with Crippen LogP contribution in [0.1, 0.15) is 27.7 Å². The highest BCUT2D eigenvalue weighted by molar-refractivity contribution is 5.94. The molecule has 0 aromatic carbocycles. The highest BCUT2D eigenvalue weighted by atomic mass is 14.8. The molecule has 1 aliphatic heterocycles. The topological polar surface area (TPSA) is 12.4 Å². The Morgan fingerprint density at radius 3 is 2.31 bits per heavy atom. The van der Waals surface area contributed by atoms with Gasteiger partial charge in [-0.25, -0.2) is 0 Å². The van der Waals surface area contributed by atoms with Crippen LogP contribution in [-0.2, 0) is 0 Å². The zero-order valence-corrected chi connectivity index (χ0v) is 8.89. The van der Waals surface area contributed by atoms with E-state index in [1.807, 2.05) is 6.08 Å². The second kappa shape index (κ2) is 3.33. The van der Waals surface area contributed by atoms with E-state index in [0.717, 1.165) is 5.70 Å². The van der Waals surface area contributed by atoms with Gasteiger partial charge in [0.2, 0.25) is 0 Å². The molecular formula is C12H17N. The SMILES string of the molecule is C=C/C=C\C1=C(C)N=C(C)C1(C)C.